The summed E-state index contributed by atoms with van der Waals surface area (Å²) in [4.78, 5) is 38.0. The van der Waals surface area contributed by atoms with Gasteiger partial charge in [-0.1, -0.05) is 15.9 Å². The summed E-state index contributed by atoms with van der Waals surface area (Å²) < 4.78 is 5.78. The number of hydrogen-bond donors (Lipinski definition) is 1. The lowest BCUT2D eigenvalue weighted by Gasteiger charge is -2.26. The van der Waals surface area contributed by atoms with Crippen LogP contribution in [0.2, 0.25) is 0 Å². The molecular weight excluding hydrogens is 364 g/mol. The van der Waals surface area contributed by atoms with E-state index >= 15 is 0 Å². The molecule has 2 aliphatic rings. The van der Waals surface area contributed by atoms with Crippen molar-refractivity contribution >= 4 is 39.4 Å². The third-order valence-corrected chi connectivity index (χ3v) is 4.74. The number of carbonyl (C=O) groups is 3. The SMILES string of the molecule is COC(=O)[C@@H]1Cc2cc(Br)cc3c2N1C(=O)[C@@H](NC(C)=O)CC3. The number of nitrogens with zero attached hydrogens (tertiary/aromatic N) is 1. The van der Waals surface area contributed by atoms with E-state index in [9.17, 15) is 14.4 Å². The zero-order valence-electron chi connectivity index (χ0n) is 12.9. The summed E-state index contributed by atoms with van der Waals surface area (Å²) in [5, 5.41) is 2.69. The van der Waals surface area contributed by atoms with Gasteiger partial charge in [-0.15, -0.1) is 0 Å². The first-order valence-electron chi connectivity index (χ1n) is 7.41. The smallest absolute Gasteiger partial charge is 0.329 e. The number of hydrogen-bond acceptors (Lipinski definition) is 4. The fourth-order valence-corrected chi connectivity index (χ4v) is 3.94. The van der Waals surface area contributed by atoms with Crippen molar-refractivity contribution in [3.8, 4) is 0 Å². The Bertz CT molecular complexity index is 704. The molecule has 2 amide bonds. The molecule has 3 rings (SSSR count). The zero-order chi connectivity index (χ0) is 16.7. The Morgan fingerprint density at radius 1 is 1.35 bits per heavy atom. The number of methoxy groups -OCH3 is 1. The molecule has 0 saturated carbocycles. The van der Waals surface area contributed by atoms with Gasteiger partial charge in [0.1, 0.15) is 12.1 Å². The van der Waals surface area contributed by atoms with E-state index < -0.39 is 18.1 Å². The van der Waals surface area contributed by atoms with Gasteiger partial charge < -0.3 is 10.1 Å². The quantitative estimate of drug-likeness (QED) is 0.785. The Morgan fingerprint density at radius 2 is 2.04 bits per heavy atom. The maximum absolute atomic E-state index is 12.9. The van der Waals surface area contributed by atoms with Crippen LogP contribution in [0, 0.1) is 0 Å². The van der Waals surface area contributed by atoms with Crippen molar-refractivity contribution < 1.29 is 19.1 Å². The van der Waals surface area contributed by atoms with E-state index in [1.807, 2.05) is 12.1 Å². The molecule has 0 spiro atoms. The number of rotatable bonds is 2. The molecule has 1 aromatic rings. The Balaban J connectivity index is 2.09. The maximum atomic E-state index is 12.9. The molecule has 0 unspecified atom stereocenters. The van der Waals surface area contributed by atoms with Gasteiger partial charge in [-0.25, -0.2) is 4.79 Å². The van der Waals surface area contributed by atoms with Crippen LogP contribution >= 0.6 is 15.9 Å². The zero-order valence-corrected chi connectivity index (χ0v) is 14.5. The van der Waals surface area contributed by atoms with Gasteiger partial charge in [-0.3, -0.25) is 14.5 Å². The first-order valence-corrected chi connectivity index (χ1v) is 8.21. The van der Waals surface area contributed by atoms with Crippen molar-refractivity contribution in [3.63, 3.8) is 0 Å². The molecule has 0 aliphatic carbocycles. The molecule has 2 atom stereocenters. The van der Waals surface area contributed by atoms with Crippen molar-refractivity contribution in [2.45, 2.75) is 38.3 Å². The maximum Gasteiger partial charge on any atom is 0.329 e. The molecule has 1 aromatic carbocycles. The molecule has 0 fully saturated rings. The van der Waals surface area contributed by atoms with Gasteiger partial charge in [-0.2, -0.15) is 0 Å². The summed E-state index contributed by atoms with van der Waals surface area (Å²) in [6.45, 7) is 1.38. The Kier molecular flexibility index (Phi) is 4.14. The van der Waals surface area contributed by atoms with Crippen molar-refractivity contribution in [1.82, 2.24) is 5.32 Å². The molecule has 1 N–H and O–H groups in total. The standard InChI is InChI=1S/C16H17BrN2O4/c1-8(20)18-12-4-3-9-5-11(17)6-10-7-13(16(22)23-2)19(14(9)10)15(12)21/h5-6,12-13H,3-4,7H2,1-2H3,(H,18,20)/t12-,13-/m0/s1. The number of amides is 2. The molecule has 6 nitrogen and oxygen atoms in total. The highest BCUT2D eigenvalue weighted by atomic mass is 79.9. The Labute approximate surface area is 142 Å². The third-order valence-electron chi connectivity index (χ3n) is 4.29. The number of carbonyl (C=O) groups excluding carboxylic acids is 3. The van der Waals surface area contributed by atoms with E-state index in [-0.39, 0.29) is 11.8 Å². The topological polar surface area (TPSA) is 75.7 Å². The van der Waals surface area contributed by atoms with Gasteiger partial charge in [0.2, 0.25) is 11.8 Å². The van der Waals surface area contributed by atoms with E-state index in [0.29, 0.717) is 19.3 Å². The fourth-order valence-electron chi connectivity index (χ4n) is 3.39. The predicted octanol–water partition coefficient (Wildman–Crippen LogP) is 1.33. The van der Waals surface area contributed by atoms with Crippen LogP contribution in [-0.2, 0) is 32.0 Å². The lowest BCUT2D eigenvalue weighted by Crippen LogP contribution is -2.52. The van der Waals surface area contributed by atoms with Crippen LogP contribution in [0.4, 0.5) is 5.69 Å². The van der Waals surface area contributed by atoms with E-state index in [1.165, 1.54) is 18.9 Å². The normalized spacial score (nSPS) is 22.4. The number of halogens is 1. The third kappa shape index (κ3) is 2.73. The highest BCUT2D eigenvalue weighted by Crippen LogP contribution is 2.41. The number of anilines is 1. The highest BCUT2D eigenvalue weighted by Gasteiger charge is 2.44. The molecule has 23 heavy (non-hydrogen) atoms. The van der Waals surface area contributed by atoms with Gasteiger partial charge in [0.25, 0.3) is 0 Å². The van der Waals surface area contributed by atoms with Crippen LogP contribution in [0.1, 0.15) is 24.5 Å². The molecular formula is C16H17BrN2O4. The minimum Gasteiger partial charge on any atom is -0.467 e. The van der Waals surface area contributed by atoms with E-state index in [1.54, 1.807) is 0 Å². The molecule has 0 bridgehead atoms. The monoisotopic (exact) mass is 380 g/mol. The van der Waals surface area contributed by atoms with Crippen LogP contribution in [0.5, 0.6) is 0 Å². The van der Waals surface area contributed by atoms with E-state index in [4.69, 9.17) is 4.74 Å². The van der Waals surface area contributed by atoms with E-state index in [2.05, 4.69) is 21.2 Å². The van der Waals surface area contributed by atoms with E-state index in [0.717, 1.165) is 21.3 Å². The Morgan fingerprint density at radius 3 is 2.70 bits per heavy atom. The average molecular weight is 381 g/mol. The molecule has 7 heteroatoms. The minimum absolute atomic E-state index is 0.254. The van der Waals surface area contributed by atoms with Crippen LogP contribution in [0.15, 0.2) is 16.6 Å². The first-order chi connectivity index (χ1) is 10.9. The van der Waals surface area contributed by atoms with Crippen LogP contribution in [0.25, 0.3) is 0 Å². The second-order valence-electron chi connectivity index (χ2n) is 5.82. The molecule has 0 saturated heterocycles. The summed E-state index contributed by atoms with van der Waals surface area (Å²) in [5.41, 5.74) is 2.74. The number of ether oxygens (including phenoxy) is 1. The van der Waals surface area contributed by atoms with Crippen LogP contribution < -0.4 is 10.2 Å². The van der Waals surface area contributed by atoms with Gasteiger partial charge in [-0.05, 0) is 36.1 Å². The number of benzene rings is 1. The summed E-state index contributed by atoms with van der Waals surface area (Å²) in [6.07, 6.45) is 1.58. The lowest BCUT2D eigenvalue weighted by molar-refractivity contribution is -0.143. The largest absolute Gasteiger partial charge is 0.467 e. The molecule has 2 heterocycles. The number of esters is 1. The Hall–Kier alpha value is -1.89. The minimum atomic E-state index is -0.676. The van der Waals surface area contributed by atoms with Gasteiger partial charge in [0, 0.05) is 17.8 Å². The summed E-state index contributed by atoms with van der Waals surface area (Å²) >= 11 is 3.48. The fraction of sp³-hybridized carbons (Fsp3) is 0.438. The first kappa shape index (κ1) is 16.0. The second-order valence-corrected chi connectivity index (χ2v) is 6.73. The molecule has 2 aliphatic heterocycles. The van der Waals surface area contributed by atoms with Gasteiger partial charge >= 0.3 is 5.97 Å². The second kappa shape index (κ2) is 5.96. The van der Waals surface area contributed by atoms with Crippen molar-refractivity contribution in [1.29, 1.82) is 0 Å². The predicted molar refractivity (Wildman–Crippen MR) is 87.1 cm³/mol. The summed E-state index contributed by atoms with van der Waals surface area (Å²) in [6, 6.07) is 2.59. The molecule has 0 radical (unpaired) electrons. The number of nitrogens with one attached hydrogen (secondary N) is 1. The number of aryl methyl sites for hydroxylation is 1. The summed E-state index contributed by atoms with van der Waals surface area (Å²) in [7, 11) is 1.32. The van der Waals surface area contributed by atoms with Crippen molar-refractivity contribution in [3.05, 3.63) is 27.7 Å². The highest BCUT2D eigenvalue weighted by molar-refractivity contribution is 9.10. The lowest BCUT2D eigenvalue weighted by atomic mass is 10.0. The summed E-state index contributed by atoms with van der Waals surface area (Å²) in [5.74, 6) is -0.958. The van der Waals surface area contributed by atoms with Crippen molar-refractivity contribution in [2.24, 2.45) is 0 Å². The molecule has 0 aromatic heterocycles. The van der Waals surface area contributed by atoms with Crippen molar-refractivity contribution in [2.75, 3.05) is 12.0 Å². The average Bonchev–Trinajstić information content (AvgIpc) is 2.82. The molecule has 122 valence electrons. The van der Waals surface area contributed by atoms with Gasteiger partial charge in [0.05, 0.1) is 12.8 Å². The van der Waals surface area contributed by atoms with Gasteiger partial charge in [0.15, 0.2) is 0 Å². The van der Waals surface area contributed by atoms with Crippen LogP contribution in [-0.4, -0.2) is 37.0 Å². The van der Waals surface area contributed by atoms with Crippen LogP contribution in [0.3, 0.4) is 0 Å².